The number of esters is 3. The largest absolute Gasteiger partial charge is 0.472 e. The molecule has 91 heavy (non-hydrogen) atoms. The second-order valence-electron chi connectivity index (χ2n) is 24.4. The standard InChI is InChI=1S/C73H132O16P2/c1-4-7-10-13-16-19-22-25-26-27-28-29-30-31-32-33-34-35-36-37-38-39-40-43-45-47-50-53-56-59-71(76)83-62-68(74)63-85-90(79,80)86-64-69(75)65-87-91(81,82)88-67-70(89-73(78)61-58-55-52-49-46-42-24-21-18-15-12-9-6-3)66-84-72(77)60-57-54-51-48-44-41-23-20-17-14-11-8-5-2/h7,10,16,19-20,23,25-26,28-29,31-32,68-70,74-75H,4-6,8-9,11-15,17-18,21-22,24,27,30,33-67H2,1-3H3,(H,79,80)(H,81,82)/b10-7-,19-16-,23-20-,26-25-,29-28-,32-31-. The van der Waals surface area contributed by atoms with Gasteiger partial charge in [0.1, 0.15) is 25.4 Å². The third-order valence-corrected chi connectivity index (χ3v) is 17.3. The average Bonchev–Trinajstić information content (AvgIpc) is 3.56. The molecule has 0 saturated heterocycles. The number of carbonyl (C=O) groups excluding carboxylic acids is 3. The van der Waals surface area contributed by atoms with Gasteiger partial charge in [0.25, 0.3) is 0 Å². The van der Waals surface area contributed by atoms with Crippen LogP contribution in [-0.4, -0.2) is 95.9 Å². The topological polar surface area (TPSA) is 231 Å². The Labute approximate surface area is 553 Å². The van der Waals surface area contributed by atoms with Crippen molar-refractivity contribution < 1.29 is 75.8 Å². The lowest BCUT2D eigenvalue weighted by molar-refractivity contribution is -0.161. The van der Waals surface area contributed by atoms with Crippen molar-refractivity contribution in [3.63, 3.8) is 0 Å². The molecule has 0 amide bonds. The van der Waals surface area contributed by atoms with Crippen LogP contribution < -0.4 is 0 Å². The molecule has 0 aromatic carbocycles. The highest BCUT2D eigenvalue weighted by atomic mass is 31.2. The fraction of sp³-hybridized carbons (Fsp3) is 0.795. The third kappa shape index (κ3) is 68.2. The van der Waals surface area contributed by atoms with Crippen molar-refractivity contribution >= 4 is 33.6 Å². The maximum atomic E-state index is 12.9. The zero-order valence-electron chi connectivity index (χ0n) is 57.5. The van der Waals surface area contributed by atoms with Crippen LogP contribution in [0.2, 0.25) is 0 Å². The number of ether oxygens (including phenoxy) is 3. The Morgan fingerprint density at radius 1 is 0.319 bits per heavy atom. The van der Waals surface area contributed by atoms with E-state index in [4.69, 9.17) is 32.3 Å². The lowest BCUT2D eigenvalue weighted by atomic mass is 10.0. The van der Waals surface area contributed by atoms with Crippen molar-refractivity contribution in [1.82, 2.24) is 0 Å². The lowest BCUT2D eigenvalue weighted by Crippen LogP contribution is -2.30. The summed E-state index contributed by atoms with van der Waals surface area (Å²) in [5, 5.41) is 20.6. The molecule has 0 aliphatic carbocycles. The summed E-state index contributed by atoms with van der Waals surface area (Å²) in [5.41, 5.74) is 0. The third-order valence-electron chi connectivity index (χ3n) is 15.4. The zero-order chi connectivity index (χ0) is 66.7. The van der Waals surface area contributed by atoms with E-state index in [-0.39, 0.29) is 19.3 Å². The van der Waals surface area contributed by atoms with Gasteiger partial charge in [-0.15, -0.1) is 0 Å². The predicted molar refractivity (Wildman–Crippen MR) is 372 cm³/mol. The molecule has 0 bridgehead atoms. The van der Waals surface area contributed by atoms with Crippen molar-refractivity contribution in [2.24, 2.45) is 0 Å². The highest BCUT2D eigenvalue weighted by Crippen LogP contribution is 2.45. The number of hydrogen-bond donors (Lipinski definition) is 4. The first-order chi connectivity index (χ1) is 44.2. The molecular weight excluding hydrogens is 1190 g/mol. The van der Waals surface area contributed by atoms with Gasteiger partial charge in [0.2, 0.25) is 0 Å². The first-order valence-electron chi connectivity index (χ1n) is 36.2. The molecule has 530 valence electrons. The van der Waals surface area contributed by atoms with Crippen LogP contribution in [0.15, 0.2) is 72.9 Å². The van der Waals surface area contributed by atoms with Crippen LogP contribution in [0.5, 0.6) is 0 Å². The number of aliphatic hydroxyl groups excluding tert-OH is 2. The second kappa shape index (κ2) is 67.0. The van der Waals surface area contributed by atoms with E-state index in [0.717, 1.165) is 122 Å². The minimum absolute atomic E-state index is 0.109. The molecule has 0 fully saturated rings. The van der Waals surface area contributed by atoms with Crippen molar-refractivity contribution in [2.75, 3.05) is 39.6 Å². The van der Waals surface area contributed by atoms with Gasteiger partial charge in [0.05, 0.1) is 26.4 Å². The molecule has 0 aliphatic rings. The summed E-state index contributed by atoms with van der Waals surface area (Å²) in [6.45, 7) is 2.56. The maximum Gasteiger partial charge on any atom is 0.472 e. The van der Waals surface area contributed by atoms with Crippen LogP contribution in [0, 0.1) is 0 Å². The molecule has 5 unspecified atom stereocenters. The van der Waals surface area contributed by atoms with Crippen LogP contribution in [0.25, 0.3) is 0 Å². The molecule has 4 N–H and O–H groups in total. The summed E-state index contributed by atoms with van der Waals surface area (Å²) in [5.74, 6) is -1.57. The molecule has 18 heteroatoms. The summed E-state index contributed by atoms with van der Waals surface area (Å²) in [6, 6.07) is 0. The van der Waals surface area contributed by atoms with Gasteiger partial charge < -0.3 is 34.2 Å². The van der Waals surface area contributed by atoms with Gasteiger partial charge in [-0.2, -0.15) is 0 Å². The van der Waals surface area contributed by atoms with Gasteiger partial charge in [-0.25, -0.2) is 9.13 Å². The van der Waals surface area contributed by atoms with Gasteiger partial charge in [-0.05, 0) is 89.9 Å². The minimum Gasteiger partial charge on any atom is -0.463 e. The van der Waals surface area contributed by atoms with Crippen LogP contribution in [0.4, 0.5) is 0 Å². The fourth-order valence-corrected chi connectivity index (χ4v) is 11.5. The molecule has 0 spiro atoms. The molecule has 0 saturated carbocycles. The number of aliphatic hydroxyl groups is 2. The summed E-state index contributed by atoms with van der Waals surface area (Å²) in [4.78, 5) is 58.3. The summed E-state index contributed by atoms with van der Waals surface area (Å²) in [6.07, 6.45) is 71.1. The normalized spacial score (nSPS) is 14.6. The molecule has 0 rings (SSSR count). The van der Waals surface area contributed by atoms with Gasteiger partial charge in [0.15, 0.2) is 6.10 Å². The number of phosphoric ester groups is 2. The van der Waals surface area contributed by atoms with E-state index in [9.17, 15) is 43.5 Å². The van der Waals surface area contributed by atoms with Crippen LogP contribution in [0.1, 0.15) is 316 Å². The number of hydrogen-bond acceptors (Lipinski definition) is 14. The Kier molecular flexibility index (Phi) is 64.8. The Morgan fingerprint density at radius 2 is 0.582 bits per heavy atom. The molecule has 0 aromatic rings. The number of carbonyl (C=O) groups is 3. The smallest absolute Gasteiger partial charge is 0.463 e. The molecule has 0 aromatic heterocycles. The molecule has 16 nitrogen and oxygen atoms in total. The molecule has 0 aliphatic heterocycles. The number of phosphoric acid groups is 2. The number of unbranched alkanes of at least 4 members (excludes halogenated alkanes) is 34. The van der Waals surface area contributed by atoms with E-state index < -0.39 is 91.5 Å². The lowest BCUT2D eigenvalue weighted by Gasteiger charge is -2.21. The Hall–Kier alpha value is -3.01. The van der Waals surface area contributed by atoms with Gasteiger partial charge >= 0.3 is 33.6 Å². The van der Waals surface area contributed by atoms with Crippen LogP contribution in [-0.2, 0) is 55.8 Å². The maximum absolute atomic E-state index is 12.9. The molecular formula is C73H132O16P2. The SMILES string of the molecule is CC/C=C\C/C=C\C/C=C\C/C=C\C/C=C\CCCCCCCCCCCCCCCC(=O)OCC(O)COP(=O)(O)OCC(O)COP(=O)(O)OCC(COC(=O)CCCCCCC/C=C\CCCCCC)OC(=O)CCCCCCCCCCCCCCC. The quantitative estimate of drug-likeness (QED) is 0.0146. The van der Waals surface area contributed by atoms with E-state index >= 15 is 0 Å². The van der Waals surface area contributed by atoms with Gasteiger partial charge in [-0.1, -0.05) is 280 Å². The minimum atomic E-state index is -4.92. The number of rotatable bonds is 69. The van der Waals surface area contributed by atoms with Crippen LogP contribution >= 0.6 is 15.6 Å². The second-order valence-corrected chi connectivity index (χ2v) is 27.3. The Balaban J connectivity index is 4.40. The first-order valence-corrected chi connectivity index (χ1v) is 39.2. The van der Waals surface area contributed by atoms with E-state index in [2.05, 4.69) is 93.7 Å². The fourth-order valence-electron chi connectivity index (χ4n) is 9.89. The summed E-state index contributed by atoms with van der Waals surface area (Å²) >= 11 is 0. The number of allylic oxidation sites excluding steroid dienone is 12. The van der Waals surface area contributed by atoms with E-state index in [1.54, 1.807) is 0 Å². The van der Waals surface area contributed by atoms with Crippen LogP contribution in [0.3, 0.4) is 0 Å². The van der Waals surface area contributed by atoms with Crippen molar-refractivity contribution in [3.05, 3.63) is 72.9 Å². The van der Waals surface area contributed by atoms with E-state index in [1.165, 1.54) is 135 Å². The van der Waals surface area contributed by atoms with Crippen molar-refractivity contribution in [1.29, 1.82) is 0 Å². The van der Waals surface area contributed by atoms with Gasteiger partial charge in [0, 0.05) is 19.3 Å². The highest BCUT2D eigenvalue weighted by Gasteiger charge is 2.29. The first kappa shape index (κ1) is 88.0. The Morgan fingerprint density at radius 3 is 0.945 bits per heavy atom. The highest BCUT2D eigenvalue weighted by molar-refractivity contribution is 7.47. The zero-order valence-corrected chi connectivity index (χ0v) is 59.3. The summed E-state index contributed by atoms with van der Waals surface area (Å²) in [7, 11) is -9.76. The predicted octanol–water partition coefficient (Wildman–Crippen LogP) is 20.3. The van der Waals surface area contributed by atoms with Crippen molar-refractivity contribution in [2.45, 2.75) is 334 Å². The van der Waals surface area contributed by atoms with Crippen molar-refractivity contribution in [3.8, 4) is 0 Å². The average molecular weight is 1330 g/mol. The molecule has 0 radical (unpaired) electrons. The monoisotopic (exact) mass is 1330 g/mol. The van der Waals surface area contributed by atoms with Gasteiger partial charge in [-0.3, -0.25) is 32.5 Å². The molecule has 5 atom stereocenters. The van der Waals surface area contributed by atoms with E-state index in [0.29, 0.717) is 19.3 Å². The van der Waals surface area contributed by atoms with E-state index in [1.807, 2.05) is 0 Å². The Bertz CT molecular complexity index is 1950. The summed E-state index contributed by atoms with van der Waals surface area (Å²) < 4.78 is 60.9. The molecule has 0 heterocycles.